The molecule has 0 saturated carbocycles. The summed E-state index contributed by atoms with van der Waals surface area (Å²) in [6.45, 7) is 1.27. The van der Waals surface area contributed by atoms with Crippen molar-refractivity contribution < 1.29 is 4.79 Å². The van der Waals surface area contributed by atoms with Gasteiger partial charge in [-0.05, 0) is 12.1 Å². The number of imidazole rings is 1. The summed E-state index contributed by atoms with van der Waals surface area (Å²) >= 11 is 0. The van der Waals surface area contributed by atoms with Crippen molar-refractivity contribution in [2.75, 3.05) is 25.5 Å². The largest absolute Gasteiger partial charge is 0.363 e. The zero-order chi connectivity index (χ0) is 13.7. The number of aromatic nitrogens is 3. The third-order valence-corrected chi connectivity index (χ3v) is 2.68. The number of anilines is 1. The van der Waals surface area contributed by atoms with Crippen LogP contribution < -0.4 is 10.2 Å². The molecule has 0 atom stereocenters. The fraction of sp³-hybridized carbons (Fsp3) is 0.308. The number of hydrogen-bond donors (Lipinski definition) is 1. The highest BCUT2D eigenvalue weighted by Gasteiger charge is 2.07. The van der Waals surface area contributed by atoms with Crippen molar-refractivity contribution in [2.45, 2.75) is 6.54 Å². The molecule has 0 fully saturated rings. The monoisotopic (exact) mass is 259 g/mol. The highest BCUT2D eigenvalue weighted by Crippen LogP contribution is 2.09. The van der Waals surface area contributed by atoms with Gasteiger partial charge in [0.25, 0.3) is 5.91 Å². The predicted molar refractivity (Wildman–Crippen MR) is 73.1 cm³/mol. The van der Waals surface area contributed by atoms with Crippen molar-refractivity contribution in [1.29, 1.82) is 0 Å². The van der Waals surface area contributed by atoms with Crippen LogP contribution in [0.2, 0.25) is 0 Å². The van der Waals surface area contributed by atoms with E-state index in [1.54, 1.807) is 30.9 Å². The quantitative estimate of drug-likeness (QED) is 0.861. The van der Waals surface area contributed by atoms with Gasteiger partial charge in [0.2, 0.25) is 0 Å². The molecule has 0 radical (unpaired) electrons. The molecule has 1 amide bonds. The Morgan fingerprint density at radius 3 is 2.95 bits per heavy atom. The van der Waals surface area contributed by atoms with E-state index in [9.17, 15) is 4.79 Å². The summed E-state index contributed by atoms with van der Waals surface area (Å²) in [7, 11) is 3.78. The Balaban J connectivity index is 1.90. The van der Waals surface area contributed by atoms with Gasteiger partial charge in [-0.15, -0.1) is 0 Å². The second-order valence-corrected chi connectivity index (χ2v) is 4.35. The lowest BCUT2D eigenvalue weighted by Gasteiger charge is -2.12. The van der Waals surface area contributed by atoms with Gasteiger partial charge in [0.15, 0.2) is 0 Å². The number of hydrogen-bond acceptors (Lipinski definition) is 4. The number of nitrogens with zero attached hydrogens (tertiary/aromatic N) is 4. The van der Waals surface area contributed by atoms with Gasteiger partial charge in [-0.25, -0.2) is 9.97 Å². The molecule has 6 heteroatoms. The van der Waals surface area contributed by atoms with Gasteiger partial charge < -0.3 is 14.8 Å². The minimum Gasteiger partial charge on any atom is -0.363 e. The molecule has 1 N–H and O–H groups in total. The number of pyridine rings is 1. The fourth-order valence-corrected chi connectivity index (χ4v) is 1.62. The average Bonchev–Trinajstić information content (AvgIpc) is 2.92. The summed E-state index contributed by atoms with van der Waals surface area (Å²) in [4.78, 5) is 22.0. The number of nitrogens with one attached hydrogen (secondary N) is 1. The Labute approximate surface area is 112 Å². The lowest BCUT2D eigenvalue weighted by atomic mass is 10.2. The van der Waals surface area contributed by atoms with Crippen LogP contribution in [0.1, 0.15) is 10.4 Å². The molecule has 100 valence electrons. The molecule has 0 spiro atoms. The summed E-state index contributed by atoms with van der Waals surface area (Å²) in [5.41, 5.74) is 0.615. The Hall–Kier alpha value is -2.37. The standard InChI is InChI=1S/C13H17N5O/c1-17(2)12-9-11(3-4-15-12)13(19)16-6-8-18-7-5-14-10-18/h3-5,7,9-10H,6,8H2,1-2H3,(H,16,19). The maximum Gasteiger partial charge on any atom is 0.251 e. The molecular weight excluding hydrogens is 242 g/mol. The van der Waals surface area contributed by atoms with Gasteiger partial charge in [-0.2, -0.15) is 0 Å². The molecule has 0 aromatic carbocycles. The van der Waals surface area contributed by atoms with Crippen LogP contribution in [0.3, 0.4) is 0 Å². The number of carbonyl (C=O) groups excluding carboxylic acids is 1. The van der Waals surface area contributed by atoms with E-state index in [1.807, 2.05) is 29.8 Å². The Morgan fingerprint density at radius 2 is 2.26 bits per heavy atom. The molecule has 0 saturated heterocycles. The molecule has 0 bridgehead atoms. The van der Waals surface area contributed by atoms with E-state index < -0.39 is 0 Å². The van der Waals surface area contributed by atoms with Crippen LogP contribution in [0.5, 0.6) is 0 Å². The molecule has 0 unspecified atom stereocenters. The molecule has 0 aliphatic heterocycles. The van der Waals surface area contributed by atoms with Crippen LogP contribution in [0.4, 0.5) is 5.82 Å². The summed E-state index contributed by atoms with van der Waals surface area (Å²) in [5.74, 6) is 0.674. The average molecular weight is 259 g/mol. The van der Waals surface area contributed by atoms with E-state index in [0.29, 0.717) is 18.7 Å². The van der Waals surface area contributed by atoms with Crippen LogP contribution in [0.25, 0.3) is 0 Å². The molecule has 19 heavy (non-hydrogen) atoms. The minimum absolute atomic E-state index is 0.0920. The first-order chi connectivity index (χ1) is 9.16. The molecule has 2 rings (SSSR count). The summed E-state index contributed by atoms with van der Waals surface area (Å²) in [6, 6.07) is 3.48. The van der Waals surface area contributed by atoms with Crippen molar-refractivity contribution >= 4 is 11.7 Å². The molecule has 0 aliphatic rings. The minimum atomic E-state index is -0.0920. The smallest absolute Gasteiger partial charge is 0.251 e. The van der Waals surface area contributed by atoms with E-state index in [2.05, 4.69) is 15.3 Å². The molecular formula is C13H17N5O. The van der Waals surface area contributed by atoms with E-state index in [4.69, 9.17) is 0 Å². The van der Waals surface area contributed by atoms with Crippen LogP contribution in [-0.4, -0.2) is 41.1 Å². The van der Waals surface area contributed by atoms with E-state index in [0.717, 1.165) is 5.82 Å². The highest BCUT2D eigenvalue weighted by atomic mass is 16.1. The Bertz CT molecular complexity index is 536. The predicted octanol–water partition coefficient (Wildman–Crippen LogP) is 0.774. The topological polar surface area (TPSA) is 63.1 Å². The zero-order valence-corrected chi connectivity index (χ0v) is 11.1. The number of amides is 1. The van der Waals surface area contributed by atoms with Crippen LogP contribution in [0, 0.1) is 0 Å². The lowest BCUT2D eigenvalue weighted by Crippen LogP contribution is -2.27. The van der Waals surface area contributed by atoms with Crippen molar-refractivity contribution in [2.24, 2.45) is 0 Å². The summed E-state index contributed by atoms with van der Waals surface area (Å²) in [6.07, 6.45) is 6.94. The second kappa shape index (κ2) is 5.99. The zero-order valence-electron chi connectivity index (χ0n) is 11.1. The van der Waals surface area contributed by atoms with Gasteiger partial charge in [0.1, 0.15) is 5.82 Å². The van der Waals surface area contributed by atoms with Gasteiger partial charge in [0.05, 0.1) is 6.33 Å². The van der Waals surface area contributed by atoms with E-state index in [-0.39, 0.29) is 5.91 Å². The van der Waals surface area contributed by atoms with Gasteiger partial charge in [0, 0.05) is 51.3 Å². The van der Waals surface area contributed by atoms with E-state index in [1.165, 1.54) is 0 Å². The van der Waals surface area contributed by atoms with Crippen molar-refractivity contribution in [3.05, 3.63) is 42.6 Å². The highest BCUT2D eigenvalue weighted by molar-refractivity contribution is 5.94. The molecule has 0 aliphatic carbocycles. The fourth-order valence-electron chi connectivity index (χ4n) is 1.62. The first-order valence-corrected chi connectivity index (χ1v) is 6.04. The van der Waals surface area contributed by atoms with Gasteiger partial charge in [-0.1, -0.05) is 0 Å². The van der Waals surface area contributed by atoms with Crippen LogP contribution in [0.15, 0.2) is 37.1 Å². The lowest BCUT2D eigenvalue weighted by molar-refractivity contribution is 0.0952. The molecule has 6 nitrogen and oxygen atoms in total. The van der Waals surface area contributed by atoms with Crippen molar-refractivity contribution in [3.8, 4) is 0 Å². The maximum absolute atomic E-state index is 12.0. The summed E-state index contributed by atoms with van der Waals surface area (Å²) < 4.78 is 1.91. The summed E-state index contributed by atoms with van der Waals surface area (Å²) in [5, 5.41) is 2.87. The third kappa shape index (κ3) is 3.54. The Kier molecular flexibility index (Phi) is 4.12. The molecule has 2 aromatic rings. The molecule has 2 aromatic heterocycles. The first-order valence-electron chi connectivity index (χ1n) is 6.04. The maximum atomic E-state index is 12.0. The normalized spacial score (nSPS) is 10.2. The van der Waals surface area contributed by atoms with Crippen molar-refractivity contribution in [1.82, 2.24) is 19.9 Å². The van der Waals surface area contributed by atoms with Crippen LogP contribution >= 0.6 is 0 Å². The SMILES string of the molecule is CN(C)c1cc(C(=O)NCCn2ccnc2)ccn1. The van der Waals surface area contributed by atoms with Gasteiger partial charge >= 0.3 is 0 Å². The Morgan fingerprint density at radius 1 is 1.42 bits per heavy atom. The second-order valence-electron chi connectivity index (χ2n) is 4.35. The van der Waals surface area contributed by atoms with Crippen LogP contribution in [-0.2, 0) is 6.54 Å². The van der Waals surface area contributed by atoms with Gasteiger partial charge in [-0.3, -0.25) is 4.79 Å². The number of carbonyl (C=O) groups is 1. The number of rotatable bonds is 5. The molecule has 2 heterocycles. The first kappa shape index (κ1) is 13.1. The van der Waals surface area contributed by atoms with E-state index >= 15 is 0 Å². The van der Waals surface area contributed by atoms with Crippen molar-refractivity contribution in [3.63, 3.8) is 0 Å². The third-order valence-electron chi connectivity index (χ3n) is 2.68.